The Morgan fingerprint density at radius 1 is 1.67 bits per heavy atom. The molecule has 0 radical (unpaired) electrons. The maximum Gasteiger partial charge on any atom is 0.0433 e. The first-order valence-corrected chi connectivity index (χ1v) is 3.42. The van der Waals surface area contributed by atoms with E-state index in [1.807, 2.05) is 6.92 Å². The molecule has 1 nitrogen and oxygen atoms in total. The van der Waals surface area contributed by atoms with Gasteiger partial charge in [-0.05, 0) is 25.7 Å². The summed E-state index contributed by atoms with van der Waals surface area (Å²) in [6.45, 7) is 8.25. The summed E-state index contributed by atoms with van der Waals surface area (Å²) in [6, 6.07) is 0. The molecule has 0 aromatic rings. The van der Waals surface area contributed by atoms with Gasteiger partial charge in [-0.3, -0.25) is 0 Å². The van der Waals surface area contributed by atoms with Gasteiger partial charge in [0.25, 0.3) is 0 Å². The summed E-state index contributed by atoms with van der Waals surface area (Å²) in [7, 11) is 0. The molecule has 0 amide bonds. The standard InChI is InChI=1S/C8H16O/c1-7(2)6-8(3)4-5-9/h8-9H,1,4-6H2,2-3H3/t8-/m1/s1. The molecule has 0 unspecified atom stereocenters. The molecule has 0 rings (SSSR count). The fourth-order valence-electron chi connectivity index (χ4n) is 0.917. The average Bonchev–Trinajstić information content (AvgIpc) is 1.63. The van der Waals surface area contributed by atoms with E-state index in [4.69, 9.17) is 5.11 Å². The Hall–Kier alpha value is -0.300. The second kappa shape index (κ2) is 4.57. The van der Waals surface area contributed by atoms with Gasteiger partial charge in [-0.25, -0.2) is 0 Å². The zero-order valence-corrected chi connectivity index (χ0v) is 6.35. The van der Waals surface area contributed by atoms with Gasteiger partial charge in [0.05, 0.1) is 0 Å². The van der Waals surface area contributed by atoms with Crippen molar-refractivity contribution in [3.8, 4) is 0 Å². The van der Waals surface area contributed by atoms with Gasteiger partial charge in [0.15, 0.2) is 0 Å². The molecule has 0 aliphatic carbocycles. The monoisotopic (exact) mass is 128 g/mol. The van der Waals surface area contributed by atoms with Crippen LogP contribution < -0.4 is 0 Å². The summed E-state index contributed by atoms with van der Waals surface area (Å²) in [4.78, 5) is 0. The highest BCUT2D eigenvalue weighted by Gasteiger charge is 1.99. The van der Waals surface area contributed by atoms with E-state index in [-0.39, 0.29) is 0 Å². The summed E-state index contributed by atoms with van der Waals surface area (Å²) in [5, 5.41) is 8.52. The van der Waals surface area contributed by atoms with Gasteiger partial charge in [0.2, 0.25) is 0 Å². The Morgan fingerprint density at radius 3 is 2.56 bits per heavy atom. The first-order valence-electron chi connectivity index (χ1n) is 3.42. The number of hydrogen-bond donors (Lipinski definition) is 1. The van der Waals surface area contributed by atoms with Crippen LogP contribution in [0.1, 0.15) is 26.7 Å². The zero-order chi connectivity index (χ0) is 7.28. The molecule has 0 heterocycles. The third-order valence-corrected chi connectivity index (χ3v) is 1.32. The van der Waals surface area contributed by atoms with Crippen molar-refractivity contribution in [2.24, 2.45) is 5.92 Å². The fourth-order valence-corrected chi connectivity index (χ4v) is 0.917. The van der Waals surface area contributed by atoms with Gasteiger partial charge >= 0.3 is 0 Å². The third kappa shape index (κ3) is 5.57. The van der Waals surface area contributed by atoms with Crippen molar-refractivity contribution in [2.75, 3.05) is 6.61 Å². The van der Waals surface area contributed by atoms with Gasteiger partial charge in [-0.2, -0.15) is 0 Å². The Balaban J connectivity index is 3.26. The summed E-state index contributed by atoms with van der Waals surface area (Å²) in [5.41, 5.74) is 1.20. The molecule has 9 heavy (non-hydrogen) atoms. The number of aliphatic hydroxyl groups is 1. The lowest BCUT2D eigenvalue weighted by atomic mass is 10.0. The number of hydrogen-bond acceptors (Lipinski definition) is 1. The van der Waals surface area contributed by atoms with E-state index in [0.717, 1.165) is 12.8 Å². The van der Waals surface area contributed by atoms with Crippen molar-refractivity contribution in [3.63, 3.8) is 0 Å². The van der Waals surface area contributed by atoms with Gasteiger partial charge in [0, 0.05) is 6.61 Å². The van der Waals surface area contributed by atoms with Crippen LogP contribution in [-0.4, -0.2) is 11.7 Å². The van der Waals surface area contributed by atoms with Crippen LogP contribution >= 0.6 is 0 Å². The van der Waals surface area contributed by atoms with E-state index in [1.165, 1.54) is 5.57 Å². The number of rotatable bonds is 4. The van der Waals surface area contributed by atoms with E-state index in [0.29, 0.717) is 12.5 Å². The highest BCUT2D eigenvalue weighted by atomic mass is 16.2. The smallest absolute Gasteiger partial charge is 0.0433 e. The molecule has 0 aromatic heterocycles. The predicted octanol–water partition coefficient (Wildman–Crippen LogP) is 1.97. The van der Waals surface area contributed by atoms with Crippen molar-refractivity contribution in [3.05, 3.63) is 12.2 Å². The number of aliphatic hydroxyl groups excluding tert-OH is 1. The molecular weight excluding hydrogens is 112 g/mol. The predicted molar refractivity (Wildman–Crippen MR) is 40.3 cm³/mol. The van der Waals surface area contributed by atoms with E-state index in [2.05, 4.69) is 13.5 Å². The van der Waals surface area contributed by atoms with Crippen molar-refractivity contribution in [1.29, 1.82) is 0 Å². The van der Waals surface area contributed by atoms with Crippen LogP contribution in [0.25, 0.3) is 0 Å². The van der Waals surface area contributed by atoms with Crippen LogP contribution in [-0.2, 0) is 0 Å². The maximum atomic E-state index is 8.52. The third-order valence-electron chi connectivity index (χ3n) is 1.32. The molecule has 0 bridgehead atoms. The van der Waals surface area contributed by atoms with Crippen LogP contribution in [0.4, 0.5) is 0 Å². The summed E-state index contributed by atoms with van der Waals surface area (Å²) in [6.07, 6.45) is 1.94. The molecule has 0 spiro atoms. The zero-order valence-electron chi connectivity index (χ0n) is 6.35. The van der Waals surface area contributed by atoms with Crippen LogP contribution in [0.3, 0.4) is 0 Å². The number of allylic oxidation sites excluding steroid dienone is 1. The molecule has 0 aromatic carbocycles. The molecule has 0 aliphatic rings. The average molecular weight is 128 g/mol. The fraction of sp³-hybridized carbons (Fsp3) is 0.750. The second-order valence-electron chi connectivity index (χ2n) is 2.78. The molecule has 0 saturated carbocycles. The topological polar surface area (TPSA) is 20.2 Å². The minimum atomic E-state index is 0.300. The van der Waals surface area contributed by atoms with Crippen molar-refractivity contribution >= 4 is 0 Å². The van der Waals surface area contributed by atoms with Crippen LogP contribution in [0.2, 0.25) is 0 Å². The van der Waals surface area contributed by atoms with E-state index in [1.54, 1.807) is 0 Å². The second-order valence-corrected chi connectivity index (χ2v) is 2.78. The minimum absolute atomic E-state index is 0.300. The van der Waals surface area contributed by atoms with Crippen LogP contribution in [0.15, 0.2) is 12.2 Å². The van der Waals surface area contributed by atoms with Crippen molar-refractivity contribution < 1.29 is 5.11 Å². The molecule has 1 heteroatoms. The summed E-state index contributed by atoms with van der Waals surface area (Å²) < 4.78 is 0. The molecule has 1 N–H and O–H groups in total. The Bertz CT molecular complexity index is 86.6. The Labute approximate surface area is 57.4 Å². The lowest BCUT2D eigenvalue weighted by Gasteiger charge is -2.07. The van der Waals surface area contributed by atoms with Crippen LogP contribution in [0, 0.1) is 5.92 Å². The van der Waals surface area contributed by atoms with Gasteiger partial charge in [-0.1, -0.05) is 12.5 Å². The van der Waals surface area contributed by atoms with Gasteiger partial charge < -0.3 is 5.11 Å². The Kier molecular flexibility index (Phi) is 4.41. The summed E-state index contributed by atoms with van der Waals surface area (Å²) in [5.74, 6) is 0.590. The minimum Gasteiger partial charge on any atom is -0.396 e. The quantitative estimate of drug-likeness (QED) is 0.574. The first-order chi connectivity index (χ1) is 4.16. The largest absolute Gasteiger partial charge is 0.396 e. The van der Waals surface area contributed by atoms with Gasteiger partial charge in [0.1, 0.15) is 0 Å². The van der Waals surface area contributed by atoms with E-state index in [9.17, 15) is 0 Å². The molecule has 0 aliphatic heterocycles. The summed E-state index contributed by atoms with van der Waals surface area (Å²) >= 11 is 0. The highest BCUT2D eigenvalue weighted by Crippen LogP contribution is 2.11. The van der Waals surface area contributed by atoms with Gasteiger partial charge in [-0.15, -0.1) is 6.58 Å². The lowest BCUT2D eigenvalue weighted by molar-refractivity contribution is 0.262. The highest BCUT2D eigenvalue weighted by molar-refractivity contribution is 4.89. The van der Waals surface area contributed by atoms with Crippen molar-refractivity contribution in [1.82, 2.24) is 0 Å². The first kappa shape index (κ1) is 8.70. The Morgan fingerprint density at radius 2 is 2.22 bits per heavy atom. The van der Waals surface area contributed by atoms with Crippen molar-refractivity contribution in [2.45, 2.75) is 26.7 Å². The molecule has 0 saturated heterocycles. The normalized spacial score (nSPS) is 13.2. The molecular formula is C8H16O. The van der Waals surface area contributed by atoms with Crippen LogP contribution in [0.5, 0.6) is 0 Å². The molecule has 0 fully saturated rings. The molecule has 54 valence electrons. The lowest BCUT2D eigenvalue weighted by Crippen LogP contribution is -1.97. The van der Waals surface area contributed by atoms with E-state index >= 15 is 0 Å². The SMILES string of the molecule is C=C(C)C[C@H](C)CCO. The van der Waals surface area contributed by atoms with E-state index < -0.39 is 0 Å². The molecule has 1 atom stereocenters. The maximum absolute atomic E-state index is 8.52.